The van der Waals surface area contributed by atoms with Gasteiger partial charge in [0, 0.05) is 5.57 Å². The second-order valence-electron chi connectivity index (χ2n) is 2.28. The fourth-order valence-electron chi connectivity index (χ4n) is 0.857. The zero-order valence-corrected chi connectivity index (χ0v) is 7.52. The Labute approximate surface area is 68.2 Å². The predicted molar refractivity (Wildman–Crippen MR) is 45.3 cm³/mol. The van der Waals surface area contributed by atoms with E-state index in [4.69, 9.17) is 4.74 Å². The number of ether oxygens (including phenoxy) is 1. The molecule has 11 heavy (non-hydrogen) atoms. The Morgan fingerprint density at radius 1 is 1.45 bits per heavy atom. The van der Waals surface area contributed by atoms with E-state index in [1.165, 1.54) is 0 Å². The van der Waals surface area contributed by atoms with Crippen molar-refractivity contribution in [3.8, 4) is 0 Å². The molecule has 0 unspecified atom stereocenters. The third-order valence-electron chi connectivity index (χ3n) is 1.41. The van der Waals surface area contributed by atoms with E-state index in [1.807, 2.05) is 26.8 Å². The van der Waals surface area contributed by atoms with E-state index in [0.717, 1.165) is 18.4 Å². The van der Waals surface area contributed by atoms with Crippen LogP contribution in [0.4, 0.5) is 0 Å². The van der Waals surface area contributed by atoms with Crippen LogP contribution in [-0.4, -0.2) is 12.6 Å². The highest BCUT2D eigenvalue weighted by Gasteiger charge is 2.06. The molecule has 0 atom stereocenters. The Kier molecular flexibility index (Phi) is 5.53. The van der Waals surface area contributed by atoms with Gasteiger partial charge in [-0.25, -0.2) is 4.79 Å². The van der Waals surface area contributed by atoms with Gasteiger partial charge in [0.2, 0.25) is 0 Å². The molecule has 0 saturated heterocycles. The Morgan fingerprint density at radius 3 is 2.45 bits per heavy atom. The minimum atomic E-state index is -0.170. The largest absolute Gasteiger partial charge is 0.463 e. The first kappa shape index (κ1) is 10.2. The standard InChI is InChI=1S/C9H16O2/c1-4-7-8(5-2)9(10)11-6-3/h5H,4,6-7H2,1-3H3/b8-5+. The summed E-state index contributed by atoms with van der Waals surface area (Å²) in [6.45, 7) is 6.18. The van der Waals surface area contributed by atoms with Crippen molar-refractivity contribution in [1.29, 1.82) is 0 Å². The third-order valence-corrected chi connectivity index (χ3v) is 1.41. The molecule has 0 radical (unpaired) electrons. The zero-order valence-electron chi connectivity index (χ0n) is 7.52. The molecule has 0 aliphatic rings. The summed E-state index contributed by atoms with van der Waals surface area (Å²) >= 11 is 0. The monoisotopic (exact) mass is 156 g/mol. The quantitative estimate of drug-likeness (QED) is 0.461. The van der Waals surface area contributed by atoms with Crippen LogP contribution in [0.2, 0.25) is 0 Å². The van der Waals surface area contributed by atoms with Gasteiger partial charge in [-0.2, -0.15) is 0 Å². The smallest absolute Gasteiger partial charge is 0.333 e. The van der Waals surface area contributed by atoms with Crippen molar-refractivity contribution < 1.29 is 9.53 Å². The minimum absolute atomic E-state index is 0.170. The molecule has 0 rings (SSSR count). The topological polar surface area (TPSA) is 26.3 Å². The number of esters is 1. The summed E-state index contributed by atoms with van der Waals surface area (Å²) < 4.78 is 4.84. The summed E-state index contributed by atoms with van der Waals surface area (Å²) in [4.78, 5) is 11.1. The lowest BCUT2D eigenvalue weighted by molar-refractivity contribution is -0.138. The van der Waals surface area contributed by atoms with Crippen LogP contribution in [0.3, 0.4) is 0 Å². The fourth-order valence-corrected chi connectivity index (χ4v) is 0.857. The van der Waals surface area contributed by atoms with Gasteiger partial charge in [-0.1, -0.05) is 19.4 Å². The molecule has 0 heterocycles. The normalized spacial score (nSPS) is 11.4. The van der Waals surface area contributed by atoms with Crippen molar-refractivity contribution in [2.45, 2.75) is 33.6 Å². The lowest BCUT2D eigenvalue weighted by Crippen LogP contribution is -2.07. The SMILES string of the molecule is C/C=C(\CCC)C(=O)OCC. The summed E-state index contributed by atoms with van der Waals surface area (Å²) in [5, 5.41) is 0. The van der Waals surface area contributed by atoms with E-state index >= 15 is 0 Å². The maximum atomic E-state index is 11.1. The Morgan fingerprint density at radius 2 is 2.09 bits per heavy atom. The van der Waals surface area contributed by atoms with Crippen molar-refractivity contribution in [2.75, 3.05) is 6.61 Å². The van der Waals surface area contributed by atoms with E-state index in [9.17, 15) is 4.79 Å². The molecule has 0 aromatic rings. The highest BCUT2D eigenvalue weighted by molar-refractivity contribution is 5.88. The van der Waals surface area contributed by atoms with Gasteiger partial charge in [-0.3, -0.25) is 0 Å². The van der Waals surface area contributed by atoms with Crippen LogP contribution in [0, 0.1) is 0 Å². The number of hydrogen-bond donors (Lipinski definition) is 0. The summed E-state index contributed by atoms with van der Waals surface area (Å²) in [5.74, 6) is -0.170. The first-order chi connectivity index (χ1) is 5.26. The van der Waals surface area contributed by atoms with Gasteiger partial charge in [-0.15, -0.1) is 0 Å². The van der Waals surface area contributed by atoms with Gasteiger partial charge in [0.25, 0.3) is 0 Å². The van der Waals surface area contributed by atoms with E-state index < -0.39 is 0 Å². The molecule has 0 aromatic heterocycles. The lowest BCUT2D eigenvalue weighted by Gasteiger charge is -2.03. The van der Waals surface area contributed by atoms with E-state index in [1.54, 1.807) is 0 Å². The zero-order chi connectivity index (χ0) is 8.69. The molecule has 0 aliphatic carbocycles. The predicted octanol–water partition coefficient (Wildman–Crippen LogP) is 2.30. The van der Waals surface area contributed by atoms with Gasteiger partial charge in [0.05, 0.1) is 6.61 Å². The molecule has 0 fully saturated rings. The van der Waals surface area contributed by atoms with Crippen LogP contribution >= 0.6 is 0 Å². The Hall–Kier alpha value is -0.790. The molecule has 0 aliphatic heterocycles. The molecule has 0 spiro atoms. The third kappa shape index (κ3) is 3.81. The van der Waals surface area contributed by atoms with Gasteiger partial charge in [-0.05, 0) is 20.3 Å². The minimum Gasteiger partial charge on any atom is -0.463 e. The van der Waals surface area contributed by atoms with Crippen molar-refractivity contribution >= 4 is 5.97 Å². The molecule has 2 heteroatoms. The number of allylic oxidation sites excluding steroid dienone is 1. The van der Waals surface area contributed by atoms with Crippen molar-refractivity contribution in [2.24, 2.45) is 0 Å². The van der Waals surface area contributed by atoms with Gasteiger partial charge >= 0.3 is 5.97 Å². The van der Waals surface area contributed by atoms with Crippen LogP contribution < -0.4 is 0 Å². The van der Waals surface area contributed by atoms with E-state index in [0.29, 0.717) is 6.61 Å². The molecule has 0 saturated carbocycles. The molecule has 2 nitrogen and oxygen atoms in total. The average Bonchev–Trinajstić information content (AvgIpc) is 2.00. The maximum absolute atomic E-state index is 11.1. The molecule has 64 valence electrons. The number of carbonyl (C=O) groups excluding carboxylic acids is 1. The van der Waals surface area contributed by atoms with Gasteiger partial charge in [0.15, 0.2) is 0 Å². The van der Waals surface area contributed by atoms with Gasteiger partial charge < -0.3 is 4.74 Å². The van der Waals surface area contributed by atoms with E-state index in [2.05, 4.69) is 0 Å². The molecule has 0 aromatic carbocycles. The molecular formula is C9H16O2. The van der Waals surface area contributed by atoms with Crippen LogP contribution in [0.1, 0.15) is 33.6 Å². The summed E-state index contributed by atoms with van der Waals surface area (Å²) in [5.41, 5.74) is 0.786. The second kappa shape index (κ2) is 5.96. The van der Waals surface area contributed by atoms with Crippen LogP contribution in [-0.2, 0) is 9.53 Å². The number of rotatable bonds is 4. The fraction of sp³-hybridized carbons (Fsp3) is 0.667. The summed E-state index contributed by atoms with van der Waals surface area (Å²) in [6.07, 6.45) is 3.62. The lowest BCUT2D eigenvalue weighted by atomic mass is 10.1. The van der Waals surface area contributed by atoms with Gasteiger partial charge in [0.1, 0.15) is 0 Å². The number of hydrogen-bond acceptors (Lipinski definition) is 2. The first-order valence-corrected chi connectivity index (χ1v) is 4.08. The highest BCUT2D eigenvalue weighted by atomic mass is 16.5. The van der Waals surface area contributed by atoms with Crippen LogP contribution in [0.25, 0.3) is 0 Å². The van der Waals surface area contributed by atoms with Crippen LogP contribution in [0.15, 0.2) is 11.6 Å². The molecule has 0 bridgehead atoms. The highest BCUT2D eigenvalue weighted by Crippen LogP contribution is 2.06. The second-order valence-corrected chi connectivity index (χ2v) is 2.28. The first-order valence-electron chi connectivity index (χ1n) is 4.08. The van der Waals surface area contributed by atoms with Crippen molar-refractivity contribution in [1.82, 2.24) is 0 Å². The van der Waals surface area contributed by atoms with Crippen molar-refractivity contribution in [3.63, 3.8) is 0 Å². The molecule has 0 amide bonds. The summed E-state index contributed by atoms with van der Waals surface area (Å²) in [7, 11) is 0. The Balaban J connectivity index is 3.94. The molecule has 0 N–H and O–H groups in total. The Bertz CT molecular complexity index is 148. The van der Waals surface area contributed by atoms with Crippen molar-refractivity contribution in [3.05, 3.63) is 11.6 Å². The summed E-state index contributed by atoms with van der Waals surface area (Å²) in [6, 6.07) is 0. The number of carbonyl (C=O) groups is 1. The average molecular weight is 156 g/mol. The van der Waals surface area contributed by atoms with Crippen LogP contribution in [0.5, 0.6) is 0 Å². The van der Waals surface area contributed by atoms with E-state index in [-0.39, 0.29) is 5.97 Å². The molecular weight excluding hydrogens is 140 g/mol. The maximum Gasteiger partial charge on any atom is 0.333 e.